The average molecular weight is 251 g/mol. The van der Waals surface area contributed by atoms with Crippen LogP contribution in [0.5, 0.6) is 0 Å². The molecule has 98 valence electrons. The van der Waals surface area contributed by atoms with E-state index in [-0.39, 0.29) is 5.92 Å². The number of furan rings is 1. The second-order valence-corrected chi connectivity index (χ2v) is 4.25. The number of amides is 2. The van der Waals surface area contributed by atoms with Gasteiger partial charge in [-0.25, -0.2) is 5.43 Å². The molecular formula is C12H17N3O3. The SMILES string of the molecule is Cc1ccc(/C=N\NC(=O)C(=O)NCC(C)C)o1. The molecule has 1 aromatic heterocycles. The third-order valence-electron chi connectivity index (χ3n) is 2.00. The third kappa shape index (κ3) is 4.82. The number of aryl methyl sites for hydroxylation is 1. The maximum atomic E-state index is 11.3. The Bertz CT molecular complexity index is 449. The van der Waals surface area contributed by atoms with Crippen LogP contribution < -0.4 is 10.7 Å². The highest BCUT2D eigenvalue weighted by Crippen LogP contribution is 2.02. The van der Waals surface area contributed by atoms with Crippen LogP contribution in [0.4, 0.5) is 0 Å². The fourth-order valence-electron chi connectivity index (χ4n) is 1.11. The summed E-state index contributed by atoms with van der Waals surface area (Å²) in [5, 5.41) is 6.11. The topological polar surface area (TPSA) is 83.7 Å². The van der Waals surface area contributed by atoms with Crippen molar-refractivity contribution >= 4 is 18.0 Å². The minimum absolute atomic E-state index is 0.288. The third-order valence-corrected chi connectivity index (χ3v) is 2.00. The molecule has 2 amide bonds. The van der Waals surface area contributed by atoms with Crippen molar-refractivity contribution in [2.75, 3.05) is 6.54 Å². The zero-order chi connectivity index (χ0) is 13.5. The summed E-state index contributed by atoms with van der Waals surface area (Å²) in [7, 11) is 0. The molecule has 6 nitrogen and oxygen atoms in total. The van der Waals surface area contributed by atoms with Gasteiger partial charge in [0.25, 0.3) is 0 Å². The summed E-state index contributed by atoms with van der Waals surface area (Å²) in [4.78, 5) is 22.6. The number of hydrazone groups is 1. The maximum absolute atomic E-state index is 11.3. The monoisotopic (exact) mass is 251 g/mol. The molecule has 2 N–H and O–H groups in total. The minimum Gasteiger partial charge on any atom is -0.460 e. The predicted octanol–water partition coefficient (Wildman–Crippen LogP) is 0.810. The number of nitrogens with zero attached hydrogens (tertiary/aromatic N) is 1. The van der Waals surface area contributed by atoms with E-state index in [2.05, 4.69) is 15.8 Å². The number of nitrogens with one attached hydrogen (secondary N) is 2. The molecule has 0 bridgehead atoms. The first-order valence-electron chi connectivity index (χ1n) is 5.66. The summed E-state index contributed by atoms with van der Waals surface area (Å²) in [5.74, 6) is 0.0517. The first kappa shape index (κ1) is 14.0. The van der Waals surface area contributed by atoms with Gasteiger partial charge in [0.1, 0.15) is 11.5 Å². The lowest BCUT2D eigenvalue weighted by molar-refractivity contribution is -0.139. The van der Waals surface area contributed by atoms with Crippen LogP contribution in [0.25, 0.3) is 0 Å². The van der Waals surface area contributed by atoms with E-state index < -0.39 is 11.8 Å². The van der Waals surface area contributed by atoms with E-state index in [1.165, 1.54) is 6.21 Å². The molecule has 1 aromatic rings. The van der Waals surface area contributed by atoms with Crippen LogP contribution in [0.1, 0.15) is 25.4 Å². The number of hydrogen-bond acceptors (Lipinski definition) is 4. The van der Waals surface area contributed by atoms with Crippen LogP contribution >= 0.6 is 0 Å². The minimum atomic E-state index is -0.796. The van der Waals surface area contributed by atoms with Crippen molar-refractivity contribution < 1.29 is 14.0 Å². The van der Waals surface area contributed by atoms with Crippen molar-refractivity contribution in [3.8, 4) is 0 Å². The zero-order valence-electron chi connectivity index (χ0n) is 10.7. The van der Waals surface area contributed by atoms with Gasteiger partial charge in [-0.1, -0.05) is 13.8 Å². The van der Waals surface area contributed by atoms with Gasteiger partial charge >= 0.3 is 11.8 Å². The summed E-state index contributed by atoms with van der Waals surface area (Å²) in [6.45, 7) is 6.13. The number of hydrogen-bond donors (Lipinski definition) is 2. The van der Waals surface area contributed by atoms with E-state index in [0.717, 1.165) is 5.76 Å². The van der Waals surface area contributed by atoms with Gasteiger partial charge in [0.15, 0.2) is 0 Å². The van der Waals surface area contributed by atoms with Gasteiger partial charge in [-0.3, -0.25) is 9.59 Å². The lowest BCUT2D eigenvalue weighted by Crippen LogP contribution is -2.39. The van der Waals surface area contributed by atoms with Gasteiger partial charge in [-0.2, -0.15) is 5.10 Å². The Morgan fingerprint density at radius 2 is 2.11 bits per heavy atom. The predicted molar refractivity (Wildman–Crippen MR) is 67.0 cm³/mol. The number of rotatable bonds is 4. The zero-order valence-corrected chi connectivity index (χ0v) is 10.7. The molecule has 0 aliphatic heterocycles. The van der Waals surface area contributed by atoms with Crippen molar-refractivity contribution in [1.29, 1.82) is 0 Å². The molecular weight excluding hydrogens is 234 g/mol. The first-order chi connectivity index (χ1) is 8.49. The van der Waals surface area contributed by atoms with E-state index >= 15 is 0 Å². The second-order valence-electron chi connectivity index (χ2n) is 4.25. The van der Waals surface area contributed by atoms with Crippen LogP contribution in [0, 0.1) is 12.8 Å². The largest absolute Gasteiger partial charge is 0.460 e. The summed E-state index contributed by atoms with van der Waals surface area (Å²) in [6, 6.07) is 3.49. The molecule has 0 radical (unpaired) electrons. The van der Waals surface area contributed by atoms with E-state index in [1.807, 2.05) is 13.8 Å². The first-order valence-corrected chi connectivity index (χ1v) is 5.66. The molecule has 1 rings (SSSR count). The molecule has 0 saturated heterocycles. The lowest BCUT2D eigenvalue weighted by atomic mass is 10.2. The normalized spacial score (nSPS) is 10.9. The van der Waals surface area contributed by atoms with Crippen molar-refractivity contribution in [2.24, 2.45) is 11.0 Å². The van der Waals surface area contributed by atoms with Gasteiger partial charge in [-0.15, -0.1) is 0 Å². The molecule has 6 heteroatoms. The van der Waals surface area contributed by atoms with Crippen LogP contribution in [-0.2, 0) is 9.59 Å². The van der Waals surface area contributed by atoms with E-state index in [1.54, 1.807) is 19.1 Å². The van der Waals surface area contributed by atoms with E-state index in [0.29, 0.717) is 12.3 Å². The Kier molecular flexibility index (Phi) is 5.10. The van der Waals surface area contributed by atoms with E-state index in [4.69, 9.17) is 4.42 Å². The molecule has 1 heterocycles. The smallest absolute Gasteiger partial charge is 0.329 e. The number of carbonyl (C=O) groups is 2. The molecule has 0 aliphatic carbocycles. The molecule has 0 fully saturated rings. The van der Waals surface area contributed by atoms with Crippen LogP contribution in [0.3, 0.4) is 0 Å². The molecule has 0 unspecified atom stereocenters. The fourth-order valence-corrected chi connectivity index (χ4v) is 1.11. The maximum Gasteiger partial charge on any atom is 0.329 e. The van der Waals surface area contributed by atoms with Crippen LogP contribution in [0.15, 0.2) is 21.7 Å². The quantitative estimate of drug-likeness (QED) is 0.472. The average Bonchev–Trinajstić information content (AvgIpc) is 2.71. The summed E-state index contributed by atoms with van der Waals surface area (Å²) < 4.78 is 5.20. The van der Waals surface area contributed by atoms with Gasteiger partial charge < -0.3 is 9.73 Å². The molecule has 0 atom stereocenters. The molecule has 0 saturated carbocycles. The highest BCUT2D eigenvalue weighted by Gasteiger charge is 2.12. The highest BCUT2D eigenvalue weighted by atomic mass is 16.3. The van der Waals surface area contributed by atoms with Crippen molar-refractivity contribution in [2.45, 2.75) is 20.8 Å². The summed E-state index contributed by atoms with van der Waals surface area (Å²) in [6.07, 6.45) is 1.33. The van der Waals surface area contributed by atoms with Crippen LogP contribution in [0.2, 0.25) is 0 Å². The molecule has 0 aliphatic rings. The summed E-state index contributed by atoms with van der Waals surface area (Å²) in [5.41, 5.74) is 2.12. The van der Waals surface area contributed by atoms with Gasteiger partial charge in [0.05, 0.1) is 6.21 Å². The van der Waals surface area contributed by atoms with Gasteiger partial charge in [0, 0.05) is 6.54 Å². The standard InChI is InChI=1S/C12H17N3O3/c1-8(2)6-13-11(16)12(17)15-14-7-10-5-4-9(3)18-10/h4-5,7-8H,6H2,1-3H3,(H,13,16)(H,15,17)/b14-7-. The Morgan fingerprint density at radius 3 is 2.67 bits per heavy atom. The highest BCUT2D eigenvalue weighted by molar-refractivity contribution is 6.35. The lowest BCUT2D eigenvalue weighted by Gasteiger charge is -2.05. The van der Waals surface area contributed by atoms with Gasteiger partial charge in [0.2, 0.25) is 0 Å². The molecule has 0 spiro atoms. The van der Waals surface area contributed by atoms with Crippen LogP contribution in [-0.4, -0.2) is 24.6 Å². The Hall–Kier alpha value is -2.11. The number of carbonyl (C=O) groups excluding carboxylic acids is 2. The Balaban J connectivity index is 2.36. The van der Waals surface area contributed by atoms with E-state index in [9.17, 15) is 9.59 Å². The van der Waals surface area contributed by atoms with Gasteiger partial charge in [-0.05, 0) is 25.0 Å². The molecule has 0 aromatic carbocycles. The Morgan fingerprint density at radius 1 is 1.39 bits per heavy atom. The van der Waals surface area contributed by atoms with Crippen molar-refractivity contribution in [1.82, 2.24) is 10.7 Å². The second kappa shape index (κ2) is 6.58. The van der Waals surface area contributed by atoms with Crippen molar-refractivity contribution in [3.05, 3.63) is 23.7 Å². The Labute approximate surface area is 105 Å². The fraction of sp³-hybridized carbons (Fsp3) is 0.417. The summed E-state index contributed by atoms with van der Waals surface area (Å²) >= 11 is 0. The van der Waals surface area contributed by atoms with Crippen molar-refractivity contribution in [3.63, 3.8) is 0 Å². The molecule has 18 heavy (non-hydrogen) atoms.